The van der Waals surface area contributed by atoms with Gasteiger partial charge in [-0.1, -0.05) is 104 Å². The fourth-order valence-electron chi connectivity index (χ4n) is 5.20. The van der Waals surface area contributed by atoms with Crippen molar-refractivity contribution in [3.8, 4) is 0 Å². The molecule has 0 fully saturated rings. The van der Waals surface area contributed by atoms with Crippen LogP contribution >= 0.6 is 12.4 Å². The summed E-state index contributed by atoms with van der Waals surface area (Å²) in [6.07, 6.45) is 20.0. The molecule has 4 nitrogen and oxygen atoms in total. The fourth-order valence-corrected chi connectivity index (χ4v) is 8.23. The van der Waals surface area contributed by atoms with Gasteiger partial charge in [-0.15, -0.1) is 12.4 Å². The van der Waals surface area contributed by atoms with Crippen LogP contribution in [-0.2, 0) is 13.3 Å². The number of halogens is 1. The van der Waals surface area contributed by atoms with Gasteiger partial charge >= 0.3 is 8.80 Å². The number of hydrogen-bond acceptors (Lipinski definition) is 4. The number of hydrogen-bond donors (Lipinski definition) is 1. The Morgan fingerprint density at radius 2 is 1.06 bits per heavy atom. The van der Waals surface area contributed by atoms with E-state index in [0.29, 0.717) is 11.8 Å². The standard InChI is InChI=1S/C27H59NO3Si.ClH/c1-9-10-11-12-13-14-15-16-17-18-19-20-21-22-26(32(29-6,30-7)31-8)25(23-24(2)3)27(4,5)28;/h24-26H,9-23,28H2,1-8H3;1H. The Morgan fingerprint density at radius 1 is 0.697 bits per heavy atom. The highest BCUT2D eigenvalue weighted by atomic mass is 35.5. The first-order chi connectivity index (χ1) is 15.2. The van der Waals surface area contributed by atoms with Crippen LogP contribution in [0.1, 0.15) is 131 Å². The molecule has 0 aliphatic heterocycles. The summed E-state index contributed by atoms with van der Waals surface area (Å²) in [6.45, 7) is 11.1. The molecule has 6 heteroatoms. The maximum absolute atomic E-state index is 6.69. The van der Waals surface area contributed by atoms with Gasteiger partial charge in [0.1, 0.15) is 0 Å². The molecule has 0 radical (unpaired) electrons. The molecule has 0 heterocycles. The molecule has 0 saturated heterocycles. The molecule has 0 saturated carbocycles. The Bertz CT molecular complexity index is 420. The van der Waals surface area contributed by atoms with E-state index in [-0.39, 0.29) is 23.5 Å². The van der Waals surface area contributed by atoms with Crippen molar-refractivity contribution < 1.29 is 13.3 Å². The Hall–Kier alpha value is 0.347. The quantitative estimate of drug-likeness (QED) is 0.117. The van der Waals surface area contributed by atoms with Crippen LogP contribution < -0.4 is 5.73 Å². The predicted octanol–water partition coefficient (Wildman–Crippen LogP) is 8.54. The highest BCUT2D eigenvalue weighted by Crippen LogP contribution is 2.43. The summed E-state index contributed by atoms with van der Waals surface area (Å²) in [4.78, 5) is 0. The molecule has 0 rings (SSSR count). The van der Waals surface area contributed by atoms with Gasteiger partial charge < -0.3 is 19.0 Å². The molecule has 202 valence electrons. The highest BCUT2D eigenvalue weighted by molar-refractivity contribution is 6.62. The van der Waals surface area contributed by atoms with Crippen molar-refractivity contribution in [2.45, 2.75) is 142 Å². The Kier molecular flexibility index (Phi) is 22.1. The Balaban J connectivity index is 0. The van der Waals surface area contributed by atoms with Crippen molar-refractivity contribution in [2.24, 2.45) is 17.6 Å². The fraction of sp³-hybridized carbons (Fsp3) is 1.00. The van der Waals surface area contributed by atoms with Crippen molar-refractivity contribution in [3.05, 3.63) is 0 Å². The molecule has 2 unspecified atom stereocenters. The maximum Gasteiger partial charge on any atom is 0.503 e. The molecule has 0 amide bonds. The third-order valence-electron chi connectivity index (χ3n) is 7.09. The van der Waals surface area contributed by atoms with Crippen molar-refractivity contribution in [1.29, 1.82) is 0 Å². The van der Waals surface area contributed by atoms with E-state index >= 15 is 0 Å². The number of unbranched alkanes of at least 4 members (excludes halogenated alkanes) is 12. The molecular weight excluding hydrogens is 450 g/mol. The Labute approximate surface area is 215 Å². The van der Waals surface area contributed by atoms with E-state index < -0.39 is 8.80 Å². The molecule has 0 bridgehead atoms. The van der Waals surface area contributed by atoms with Gasteiger partial charge in [0.25, 0.3) is 0 Å². The van der Waals surface area contributed by atoms with Crippen LogP contribution in [0, 0.1) is 11.8 Å². The second-order valence-electron chi connectivity index (χ2n) is 10.9. The van der Waals surface area contributed by atoms with Crippen LogP contribution in [0.15, 0.2) is 0 Å². The van der Waals surface area contributed by atoms with Crippen LogP contribution in [0.2, 0.25) is 5.54 Å². The summed E-state index contributed by atoms with van der Waals surface area (Å²) >= 11 is 0. The highest BCUT2D eigenvalue weighted by Gasteiger charge is 2.53. The SMILES string of the molecule is CCCCCCCCCCCCCCCC(C(CC(C)C)C(C)(C)N)[Si](OC)(OC)OC.Cl. The minimum atomic E-state index is -2.77. The normalized spacial score (nSPS) is 14.4. The summed E-state index contributed by atoms with van der Waals surface area (Å²) in [7, 11) is 2.46. The smallest absolute Gasteiger partial charge is 0.377 e. The minimum absolute atomic E-state index is 0. The van der Waals surface area contributed by atoms with Gasteiger partial charge in [-0.3, -0.25) is 0 Å². The summed E-state index contributed by atoms with van der Waals surface area (Å²) in [5.41, 5.74) is 6.63. The lowest BCUT2D eigenvalue weighted by Gasteiger charge is -2.43. The number of nitrogens with two attached hydrogens (primary N) is 1. The predicted molar refractivity (Wildman–Crippen MR) is 149 cm³/mol. The molecule has 2 atom stereocenters. The van der Waals surface area contributed by atoms with Gasteiger partial charge in [0.15, 0.2) is 0 Å². The van der Waals surface area contributed by atoms with E-state index in [1.54, 1.807) is 21.3 Å². The molecule has 0 aromatic rings. The first-order valence-electron chi connectivity index (χ1n) is 13.6. The van der Waals surface area contributed by atoms with E-state index in [9.17, 15) is 0 Å². The average Bonchev–Trinajstić information content (AvgIpc) is 2.74. The van der Waals surface area contributed by atoms with Crippen molar-refractivity contribution >= 4 is 21.2 Å². The maximum atomic E-state index is 6.69. The van der Waals surface area contributed by atoms with E-state index in [1.807, 2.05) is 0 Å². The zero-order valence-corrected chi connectivity index (χ0v) is 25.4. The van der Waals surface area contributed by atoms with Gasteiger partial charge in [0.05, 0.1) is 0 Å². The van der Waals surface area contributed by atoms with Gasteiger partial charge in [0, 0.05) is 32.4 Å². The van der Waals surface area contributed by atoms with E-state index in [4.69, 9.17) is 19.0 Å². The van der Waals surface area contributed by atoms with Crippen LogP contribution in [0.5, 0.6) is 0 Å². The monoisotopic (exact) mass is 509 g/mol. The van der Waals surface area contributed by atoms with Gasteiger partial charge in [-0.05, 0) is 38.5 Å². The second kappa shape index (κ2) is 20.5. The second-order valence-corrected chi connectivity index (χ2v) is 14.1. The summed E-state index contributed by atoms with van der Waals surface area (Å²) < 4.78 is 17.9. The average molecular weight is 510 g/mol. The van der Waals surface area contributed by atoms with Crippen molar-refractivity contribution in [3.63, 3.8) is 0 Å². The molecule has 0 spiro atoms. The lowest BCUT2D eigenvalue weighted by atomic mass is 9.78. The molecule has 0 aliphatic rings. The first-order valence-corrected chi connectivity index (χ1v) is 15.4. The lowest BCUT2D eigenvalue weighted by molar-refractivity contribution is 0.0844. The lowest BCUT2D eigenvalue weighted by Crippen LogP contribution is -2.56. The van der Waals surface area contributed by atoms with Crippen molar-refractivity contribution in [2.75, 3.05) is 21.3 Å². The van der Waals surface area contributed by atoms with Crippen LogP contribution in [0.4, 0.5) is 0 Å². The van der Waals surface area contributed by atoms with Crippen LogP contribution in [-0.4, -0.2) is 35.7 Å². The minimum Gasteiger partial charge on any atom is -0.377 e. The Morgan fingerprint density at radius 3 is 1.36 bits per heavy atom. The van der Waals surface area contributed by atoms with Crippen molar-refractivity contribution in [1.82, 2.24) is 0 Å². The van der Waals surface area contributed by atoms with Crippen LogP contribution in [0.25, 0.3) is 0 Å². The first kappa shape index (κ1) is 35.5. The third kappa shape index (κ3) is 15.1. The van der Waals surface area contributed by atoms with Gasteiger partial charge in [-0.2, -0.15) is 0 Å². The molecule has 0 aromatic heterocycles. The van der Waals surface area contributed by atoms with E-state index in [1.165, 1.54) is 83.5 Å². The zero-order valence-electron chi connectivity index (χ0n) is 23.5. The molecule has 0 aromatic carbocycles. The molecule has 33 heavy (non-hydrogen) atoms. The van der Waals surface area contributed by atoms with E-state index in [0.717, 1.165) is 12.8 Å². The van der Waals surface area contributed by atoms with Gasteiger partial charge in [0.2, 0.25) is 0 Å². The summed E-state index contributed by atoms with van der Waals surface area (Å²) in [5.74, 6) is 0.889. The number of rotatable bonds is 22. The molecule has 2 N–H and O–H groups in total. The van der Waals surface area contributed by atoms with E-state index in [2.05, 4.69) is 34.6 Å². The van der Waals surface area contributed by atoms with Gasteiger partial charge in [-0.25, -0.2) is 0 Å². The zero-order chi connectivity index (χ0) is 24.5. The molecule has 0 aliphatic carbocycles. The van der Waals surface area contributed by atoms with Crippen LogP contribution in [0.3, 0.4) is 0 Å². The topological polar surface area (TPSA) is 53.7 Å². The summed E-state index contributed by atoms with van der Waals surface area (Å²) in [6, 6.07) is 0. The largest absolute Gasteiger partial charge is 0.503 e. The third-order valence-corrected chi connectivity index (χ3v) is 10.4. The molecular formula is C27H60ClNO3Si. The summed E-state index contributed by atoms with van der Waals surface area (Å²) in [5, 5.41) is 0.